The van der Waals surface area contributed by atoms with E-state index in [1.807, 2.05) is 6.92 Å². The lowest BCUT2D eigenvalue weighted by molar-refractivity contribution is -0.219. The molecule has 43 heavy (non-hydrogen) atoms. The van der Waals surface area contributed by atoms with Gasteiger partial charge >= 0.3 is 5.97 Å². The highest BCUT2D eigenvalue weighted by atomic mass is 16.6. The van der Waals surface area contributed by atoms with E-state index in [0.29, 0.717) is 36.7 Å². The molecule has 4 fully saturated rings. The molecule has 0 aromatic carbocycles. The van der Waals surface area contributed by atoms with Crippen LogP contribution in [-0.4, -0.2) is 108 Å². The molecule has 1 aliphatic heterocycles. The summed E-state index contributed by atoms with van der Waals surface area (Å²) in [5.74, 6) is -1.71. The Hall–Kier alpha value is -1.41. The van der Waals surface area contributed by atoms with E-state index in [2.05, 4.69) is 19.6 Å². The SMILES string of the molecule is C=C(CCC1(O)OC2CC3C4CC=C5CC(O)CCC5(O)C4CCC3(C)C2C1C)COC(=O)C(O)C(O)C(O)C(O)CO. The van der Waals surface area contributed by atoms with E-state index in [1.165, 1.54) is 0 Å². The normalized spacial score (nSPS) is 44.6. The number of ether oxygens (including phenoxy) is 2. The van der Waals surface area contributed by atoms with Crippen LogP contribution < -0.4 is 0 Å². The van der Waals surface area contributed by atoms with E-state index in [0.717, 1.165) is 31.3 Å². The van der Waals surface area contributed by atoms with Gasteiger partial charge in [0.15, 0.2) is 11.9 Å². The van der Waals surface area contributed by atoms with Crippen molar-refractivity contribution < 1.29 is 55.1 Å². The van der Waals surface area contributed by atoms with Gasteiger partial charge in [0.05, 0.1) is 24.4 Å². The Morgan fingerprint density at radius 1 is 1.14 bits per heavy atom. The Morgan fingerprint density at radius 2 is 1.86 bits per heavy atom. The number of rotatable bonds is 10. The molecule has 0 amide bonds. The number of hydrogen-bond donors (Lipinski definition) is 8. The van der Waals surface area contributed by atoms with Gasteiger partial charge in [-0.3, -0.25) is 0 Å². The molecule has 0 aromatic heterocycles. The van der Waals surface area contributed by atoms with E-state index in [1.54, 1.807) is 0 Å². The zero-order chi connectivity index (χ0) is 31.5. The summed E-state index contributed by atoms with van der Waals surface area (Å²) in [5, 5.41) is 81.5. The maximum atomic E-state index is 12.2. The molecule has 11 nitrogen and oxygen atoms in total. The molecule has 4 aliphatic carbocycles. The summed E-state index contributed by atoms with van der Waals surface area (Å²) in [6, 6.07) is 0. The van der Waals surface area contributed by atoms with Crippen molar-refractivity contribution in [2.24, 2.45) is 35.0 Å². The van der Waals surface area contributed by atoms with Crippen LogP contribution in [0.25, 0.3) is 0 Å². The number of hydrogen-bond acceptors (Lipinski definition) is 11. The molecule has 14 unspecified atom stereocenters. The standard InChI is InChI=1S/C32H50O11/c1-16(15-42-29(39)28(38)27(37)26(36)23(35)14-33)6-11-32(41)17(2)25-24(43-32)13-22-20-5-4-18-12-19(34)7-10-31(18,40)21(20)8-9-30(22,25)3/h4,17,19-28,33-38,40-41H,1,5-15H2,2-3H3. The molecule has 5 aliphatic rings. The molecule has 0 spiro atoms. The highest BCUT2D eigenvalue weighted by molar-refractivity contribution is 5.75. The third-order valence-corrected chi connectivity index (χ3v) is 12.0. The second kappa shape index (κ2) is 12.1. The smallest absolute Gasteiger partial charge is 0.338 e. The minimum absolute atomic E-state index is 0.0384. The minimum atomic E-state index is -2.13. The molecule has 3 saturated carbocycles. The molecule has 1 heterocycles. The summed E-state index contributed by atoms with van der Waals surface area (Å²) in [5.41, 5.74) is 0.617. The Morgan fingerprint density at radius 3 is 2.56 bits per heavy atom. The summed E-state index contributed by atoms with van der Waals surface area (Å²) >= 11 is 0. The average Bonchev–Trinajstić information content (AvgIpc) is 3.42. The summed E-state index contributed by atoms with van der Waals surface area (Å²) in [4.78, 5) is 12.2. The molecular weight excluding hydrogens is 560 g/mol. The van der Waals surface area contributed by atoms with Gasteiger partial charge in [0.1, 0.15) is 24.9 Å². The fourth-order valence-electron chi connectivity index (χ4n) is 9.58. The topological polar surface area (TPSA) is 197 Å². The molecule has 14 atom stereocenters. The maximum Gasteiger partial charge on any atom is 0.338 e. The zero-order valence-electron chi connectivity index (χ0n) is 25.2. The van der Waals surface area contributed by atoms with Crippen LogP contribution >= 0.6 is 0 Å². The molecule has 0 aromatic rings. The van der Waals surface area contributed by atoms with Gasteiger partial charge in [-0.15, -0.1) is 0 Å². The van der Waals surface area contributed by atoms with Crippen molar-refractivity contribution in [3.05, 3.63) is 23.8 Å². The third kappa shape index (κ3) is 5.63. The van der Waals surface area contributed by atoms with E-state index in [9.17, 15) is 40.5 Å². The molecule has 8 N–H and O–H groups in total. The number of carbonyl (C=O) groups excluding carboxylic acids is 1. The van der Waals surface area contributed by atoms with Gasteiger partial charge in [0, 0.05) is 12.3 Å². The van der Waals surface area contributed by atoms with Crippen molar-refractivity contribution >= 4 is 5.97 Å². The lowest BCUT2D eigenvalue weighted by Gasteiger charge is -2.57. The lowest BCUT2D eigenvalue weighted by Crippen LogP contribution is -2.55. The van der Waals surface area contributed by atoms with E-state index in [4.69, 9.17) is 14.6 Å². The first-order chi connectivity index (χ1) is 20.2. The molecule has 244 valence electrons. The first-order valence-electron chi connectivity index (χ1n) is 15.8. The fraction of sp³-hybridized carbons (Fsp3) is 0.844. The summed E-state index contributed by atoms with van der Waals surface area (Å²) in [6.07, 6.45) is -0.253. The van der Waals surface area contributed by atoms with Crippen molar-refractivity contribution in [3.8, 4) is 0 Å². The van der Waals surface area contributed by atoms with Crippen LogP contribution in [0.2, 0.25) is 0 Å². The molecule has 0 radical (unpaired) electrons. The third-order valence-electron chi connectivity index (χ3n) is 12.0. The van der Waals surface area contributed by atoms with Gasteiger partial charge in [-0.05, 0) is 91.6 Å². The summed E-state index contributed by atoms with van der Waals surface area (Å²) < 4.78 is 11.4. The number of aliphatic hydroxyl groups excluding tert-OH is 6. The molecule has 0 bridgehead atoms. The molecule has 1 saturated heterocycles. The van der Waals surface area contributed by atoms with E-state index in [-0.39, 0.29) is 54.8 Å². The Balaban J connectivity index is 1.16. The largest absolute Gasteiger partial charge is 0.459 e. The second-order valence-corrected chi connectivity index (χ2v) is 14.3. The first kappa shape index (κ1) is 33.0. The molecule has 5 rings (SSSR count). The Labute approximate surface area is 252 Å². The fourth-order valence-corrected chi connectivity index (χ4v) is 9.58. The van der Waals surface area contributed by atoms with Crippen LogP contribution in [0.4, 0.5) is 0 Å². The number of carbonyl (C=O) groups is 1. The van der Waals surface area contributed by atoms with Crippen LogP contribution in [0.3, 0.4) is 0 Å². The van der Waals surface area contributed by atoms with Crippen molar-refractivity contribution in [2.45, 2.75) is 120 Å². The van der Waals surface area contributed by atoms with Gasteiger partial charge in [-0.2, -0.15) is 0 Å². The lowest BCUT2D eigenvalue weighted by atomic mass is 9.49. The number of fused-ring (bicyclic) bond motifs is 7. The van der Waals surface area contributed by atoms with Crippen molar-refractivity contribution in [2.75, 3.05) is 13.2 Å². The van der Waals surface area contributed by atoms with Gasteiger partial charge in [0.25, 0.3) is 0 Å². The Bertz CT molecular complexity index is 1100. The second-order valence-electron chi connectivity index (χ2n) is 14.3. The van der Waals surface area contributed by atoms with Gasteiger partial charge in [-0.1, -0.05) is 26.5 Å². The number of allylic oxidation sites excluding steroid dienone is 1. The van der Waals surface area contributed by atoms with Gasteiger partial charge < -0.3 is 50.3 Å². The van der Waals surface area contributed by atoms with Crippen LogP contribution in [0, 0.1) is 35.0 Å². The number of aliphatic hydroxyl groups is 8. The highest BCUT2D eigenvalue weighted by Gasteiger charge is 2.68. The van der Waals surface area contributed by atoms with E-state index < -0.39 is 48.4 Å². The van der Waals surface area contributed by atoms with Crippen LogP contribution in [-0.2, 0) is 14.3 Å². The average molecular weight is 611 g/mol. The van der Waals surface area contributed by atoms with Crippen molar-refractivity contribution in [3.63, 3.8) is 0 Å². The zero-order valence-corrected chi connectivity index (χ0v) is 25.2. The van der Waals surface area contributed by atoms with Crippen LogP contribution in [0.1, 0.15) is 71.6 Å². The Kier molecular flexibility index (Phi) is 9.26. The maximum absolute atomic E-state index is 12.2. The first-order valence-corrected chi connectivity index (χ1v) is 15.8. The van der Waals surface area contributed by atoms with Crippen molar-refractivity contribution in [1.82, 2.24) is 0 Å². The quantitative estimate of drug-likeness (QED) is 0.125. The summed E-state index contributed by atoms with van der Waals surface area (Å²) in [7, 11) is 0. The monoisotopic (exact) mass is 610 g/mol. The summed E-state index contributed by atoms with van der Waals surface area (Å²) in [6.45, 7) is 7.12. The predicted molar refractivity (Wildman–Crippen MR) is 153 cm³/mol. The van der Waals surface area contributed by atoms with E-state index >= 15 is 0 Å². The minimum Gasteiger partial charge on any atom is -0.459 e. The highest BCUT2D eigenvalue weighted by Crippen LogP contribution is 2.68. The van der Waals surface area contributed by atoms with Crippen LogP contribution in [0.5, 0.6) is 0 Å². The van der Waals surface area contributed by atoms with Gasteiger partial charge in [0.2, 0.25) is 0 Å². The molecule has 11 heteroatoms. The molecular formula is C32H50O11. The van der Waals surface area contributed by atoms with Gasteiger partial charge in [-0.25, -0.2) is 4.79 Å². The number of esters is 1. The van der Waals surface area contributed by atoms with Crippen LogP contribution in [0.15, 0.2) is 23.8 Å². The predicted octanol–water partition coefficient (Wildman–Crippen LogP) is 0.300. The van der Waals surface area contributed by atoms with Crippen molar-refractivity contribution in [1.29, 1.82) is 0 Å².